The van der Waals surface area contributed by atoms with Crippen LogP contribution in [0.4, 0.5) is 0 Å². The summed E-state index contributed by atoms with van der Waals surface area (Å²) in [6.07, 6.45) is 12.2. The van der Waals surface area contributed by atoms with Crippen LogP contribution in [-0.4, -0.2) is 12.6 Å². The monoisotopic (exact) mass is 468 g/mol. The summed E-state index contributed by atoms with van der Waals surface area (Å²) in [5, 5.41) is 0. The van der Waals surface area contributed by atoms with E-state index in [0.29, 0.717) is 13.0 Å². The van der Waals surface area contributed by atoms with Crippen molar-refractivity contribution in [1.82, 2.24) is 0 Å². The first kappa shape index (κ1) is 27.8. The zero-order valence-corrected chi connectivity index (χ0v) is 21.5. The molecule has 0 spiro atoms. The SMILES string of the molecule is CCCCCCCCOc1ccc(COc2ccc(C(C)OC(=O)CCCCCC)cc2)cc1. The number of carbonyl (C=O) groups is 1. The maximum atomic E-state index is 12.0. The van der Waals surface area contributed by atoms with E-state index in [4.69, 9.17) is 14.2 Å². The average Bonchev–Trinajstić information content (AvgIpc) is 2.86. The Bertz CT molecular complexity index is 782. The lowest BCUT2D eigenvalue weighted by atomic mass is 10.1. The number of esters is 1. The quantitative estimate of drug-likeness (QED) is 0.162. The summed E-state index contributed by atoms with van der Waals surface area (Å²) in [5.74, 6) is 1.59. The lowest BCUT2D eigenvalue weighted by Crippen LogP contribution is -2.08. The van der Waals surface area contributed by atoms with Gasteiger partial charge in [-0.1, -0.05) is 89.5 Å². The van der Waals surface area contributed by atoms with Crippen LogP contribution in [0.1, 0.15) is 109 Å². The maximum Gasteiger partial charge on any atom is 0.306 e. The first-order valence-corrected chi connectivity index (χ1v) is 13.3. The van der Waals surface area contributed by atoms with Crippen LogP contribution in [0.3, 0.4) is 0 Å². The zero-order chi connectivity index (χ0) is 24.4. The highest BCUT2D eigenvalue weighted by molar-refractivity contribution is 5.69. The lowest BCUT2D eigenvalue weighted by Gasteiger charge is -2.14. The predicted molar refractivity (Wildman–Crippen MR) is 139 cm³/mol. The normalized spacial score (nSPS) is 11.7. The molecule has 0 aliphatic rings. The van der Waals surface area contributed by atoms with Crippen molar-refractivity contribution < 1.29 is 19.0 Å². The van der Waals surface area contributed by atoms with Crippen LogP contribution in [0.2, 0.25) is 0 Å². The van der Waals surface area contributed by atoms with Crippen molar-refractivity contribution in [1.29, 1.82) is 0 Å². The van der Waals surface area contributed by atoms with Crippen LogP contribution in [0.25, 0.3) is 0 Å². The van der Waals surface area contributed by atoms with E-state index in [0.717, 1.165) is 48.5 Å². The maximum absolute atomic E-state index is 12.0. The number of unbranched alkanes of at least 4 members (excludes halogenated alkanes) is 8. The van der Waals surface area contributed by atoms with Gasteiger partial charge in [-0.3, -0.25) is 4.79 Å². The molecule has 0 radical (unpaired) electrons. The molecule has 0 amide bonds. The summed E-state index contributed by atoms with van der Waals surface area (Å²) in [6, 6.07) is 15.9. The molecule has 0 fully saturated rings. The van der Waals surface area contributed by atoms with Crippen LogP contribution in [0.5, 0.6) is 11.5 Å². The molecule has 0 aliphatic carbocycles. The van der Waals surface area contributed by atoms with Gasteiger partial charge < -0.3 is 14.2 Å². The number of ether oxygens (including phenoxy) is 3. The van der Waals surface area contributed by atoms with Gasteiger partial charge >= 0.3 is 5.97 Å². The topological polar surface area (TPSA) is 44.8 Å². The van der Waals surface area contributed by atoms with E-state index in [9.17, 15) is 4.79 Å². The number of hydrogen-bond donors (Lipinski definition) is 0. The Kier molecular flexibility index (Phi) is 13.9. The number of benzene rings is 2. The summed E-state index contributed by atoms with van der Waals surface area (Å²) >= 11 is 0. The van der Waals surface area contributed by atoms with Gasteiger partial charge in [-0.15, -0.1) is 0 Å². The molecule has 4 nitrogen and oxygen atoms in total. The molecule has 188 valence electrons. The van der Waals surface area contributed by atoms with E-state index in [2.05, 4.69) is 13.8 Å². The number of rotatable bonds is 18. The Morgan fingerprint density at radius 1 is 0.706 bits per heavy atom. The van der Waals surface area contributed by atoms with E-state index in [1.165, 1.54) is 44.9 Å². The summed E-state index contributed by atoms with van der Waals surface area (Å²) in [5.41, 5.74) is 2.07. The van der Waals surface area contributed by atoms with E-state index >= 15 is 0 Å². The molecular weight excluding hydrogens is 424 g/mol. The molecule has 0 saturated heterocycles. The van der Waals surface area contributed by atoms with Crippen LogP contribution in [-0.2, 0) is 16.1 Å². The molecule has 2 aromatic carbocycles. The third-order valence-corrected chi connectivity index (χ3v) is 5.99. The fourth-order valence-corrected chi connectivity index (χ4v) is 3.78. The second-order valence-electron chi connectivity index (χ2n) is 9.06. The van der Waals surface area contributed by atoms with Crippen molar-refractivity contribution in [3.63, 3.8) is 0 Å². The van der Waals surface area contributed by atoms with Gasteiger partial charge in [0.15, 0.2) is 0 Å². The second kappa shape index (κ2) is 17.0. The van der Waals surface area contributed by atoms with E-state index < -0.39 is 0 Å². The number of carbonyl (C=O) groups excluding carboxylic acids is 1. The fourth-order valence-electron chi connectivity index (χ4n) is 3.78. The molecule has 2 aromatic rings. The van der Waals surface area contributed by atoms with Crippen molar-refractivity contribution in [2.24, 2.45) is 0 Å². The van der Waals surface area contributed by atoms with Crippen LogP contribution in [0, 0.1) is 0 Å². The molecule has 1 unspecified atom stereocenters. The highest BCUT2D eigenvalue weighted by Gasteiger charge is 2.11. The first-order valence-electron chi connectivity index (χ1n) is 13.3. The van der Waals surface area contributed by atoms with E-state index in [1.807, 2.05) is 55.5 Å². The molecule has 1 atom stereocenters. The van der Waals surface area contributed by atoms with Gasteiger partial charge in [0.05, 0.1) is 6.61 Å². The van der Waals surface area contributed by atoms with E-state index in [-0.39, 0.29) is 12.1 Å². The molecule has 4 heteroatoms. The summed E-state index contributed by atoms with van der Waals surface area (Å²) in [7, 11) is 0. The highest BCUT2D eigenvalue weighted by atomic mass is 16.5. The molecule has 2 rings (SSSR count). The van der Waals surface area contributed by atoms with Crippen molar-refractivity contribution in [2.45, 2.75) is 104 Å². The fraction of sp³-hybridized carbons (Fsp3) is 0.567. The van der Waals surface area contributed by atoms with Crippen LogP contribution in [0.15, 0.2) is 48.5 Å². The first-order chi connectivity index (χ1) is 16.6. The Hall–Kier alpha value is -2.49. The molecule has 0 saturated carbocycles. The minimum absolute atomic E-state index is 0.122. The van der Waals surface area contributed by atoms with Crippen molar-refractivity contribution in [3.05, 3.63) is 59.7 Å². The Morgan fingerprint density at radius 2 is 1.26 bits per heavy atom. The Labute approximate surface area is 207 Å². The molecule has 0 heterocycles. The standard InChI is InChI=1S/C30H44O4/c1-4-6-8-10-11-13-23-32-28-19-15-26(16-20-28)24-33-29-21-17-27(18-22-29)25(3)34-30(31)14-12-9-7-5-2/h15-22,25H,4-14,23-24H2,1-3H3. The van der Waals surface area contributed by atoms with Crippen molar-refractivity contribution in [2.75, 3.05) is 6.61 Å². The molecule has 0 N–H and O–H groups in total. The molecule has 0 aliphatic heterocycles. The van der Waals surface area contributed by atoms with Gasteiger partial charge in [0.1, 0.15) is 24.2 Å². The average molecular weight is 469 g/mol. The van der Waals surface area contributed by atoms with Crippen LogP contribution < -0.4 is 9.47 Å². The Balaban J connectivity index is 1.67. The smallest absolute Gasteiger partial charge is 0.306 e. The van der Waals surface area contributed by atoms with Gasteiger partial charge in [-0.05, 0) is 55.2 Å². The van der Waals surface area contributed by atoms with Gasteiger partial charge in [0.25, 0.3) is 0 Å². The lowest BCUT2D eigenvalue weighted by molar-refractivity contribution is -0.148. The summed E-state index contributed by atoms with van der Waals surface area (Å²) in [6.45, 7) is 7.60. The minimum atomic E-state index is -0.253. The third-order valence-electron chi connectivity index (χ3n) is 5.99. The molecule has 0 aromatic heterocycles. The van der Waals surface area contributed by atoms with Gasteiger partial charge in [-0.2, -0.15) is 0 Å². The summed E-state index contributed by atoms with van der Waals surface area (Å²) in [4.78, 5) is 12.0. The minimum Gasteiger partial charge on any atom is -0.494 e. The predicted octanol–water partition coefficient (Wildman–Crippen LogP) is 8.58. The second-order valence-corrected chi connectivity index (χ2v) is 9.06. The van der Waals surface area contributed by atoms with Gasteiger partial charge in [-0.25, -0.2) is 0 Å². The third kappa shape index (κ3) is 11.6. The number of hydrogen-bond acceptors (Lipinski definition) is 4. The molecule has 34 heavy (non-hydrogen) atoms. The largest absolute Gasteiger partial charge is 0.494 e. The summed E-state index contributed by atoms with van der Waals surface area (Å²) < 4.78 is 17.3. The van der Waals surface area contributed by atoms with Gasteiger partial charge in [0.2, 0.25) is 0 Å². The van der Waals surface area contributed by atoms with Crippen LogP contribution >= 0.6 is 0 Å². The van der Waals surface area contributed by atoms with Gasteiger partial charge in [0, 0.05) is 6.42 Å². The van der Waals surface area contributed by atoms with Crippen molar-refractivity contribution >= 4 is 5.97 Å². The molecular formula is C30H44O4. The highest BCUT2D eigenvalue weighted by Crippen LogP contribution is 2.22. The van der Waals surface area contributed by atoms with E-state index in [1.54, 1.807) is 0 Å². The van der Waals surface area contributed by atoms with Crippen molar-refractivity contribution in [3.8, 4) is 11.5 Å². The zero-order valence-electron chi connectivity index (χ0n) is 21.5. The molecule has 0 bridgehead atoms. The Morgan fingerprint density at radius 3 is 1.94 bits per heavy atom.